The Labute approximate surface area is 150 Å². The summed E-state index contributed by atoms with van der Waals surface area (Å²) < 4.78 is 10.4. The molecule has 0 amide bonds. The van der Waals surface area contributed by atoms with E-state index >= 15 is 0 Å². The first-order valence-corrected chi connectivity index (χ1v) is 12.2. The summed E-state index contributed by atoms with van der Waals surface area (Å²) in [4.78, 5) is 0. The minimum absolute atomic E-state index is 0.522. The van der Waals surface area contributed by atoms with Crippen molar-refractivity contribution in [3.05, 3.63) is 48.5 Å². The maximum absolute atomic E-state index is 8.46. The molecule has 0 spiro atoms. The van der Waals surface area contributed by atoms with Gasteiger partial charge < -0.3 is 9.47 Å². The molecule has 0 radical (unpaired) electrons. The van der Waals surface area contributed by atoms with E-state index in [1.165, 1.54) is 0 Å². The highest BCUT2D eigenvalue weighted by atomic mass is 35.8. The lowest BCUT2D eigenvalue weighted by atomic mass is 10.1. The van der Waals surface area contributed by atoms with E-state index in [4.69, 9.17) is 48.0 Å². The van der Waals surface area contributed by atoms with Crippen LogP contribution in [0.2, 0.25) is 6.04 Å². The van der Waals surface area contributed by atoms with Crippen LogP contribution in [0.5, 0.6) is 11.5 Å². The van der Waals surface area contributed by atoms with Crippen LogP contribution < -0.4 is 9.47 Å². The zero-order valence-corrected chi connectivity index (χ0v) is 15.4. The van der Waals surface area contributed by atoms with E-state index in [-0.39, 0.29) is 0 Å². The highest BCUT2D eigenvalue weighted by Crippen LogP contribution is 2.27. The smallest absolute Gasteiger partial charge is 0.341 e. The van der Waals surface area contributed by atoms with Crippen LogP contribution in [0.1, 0.15) is 6.42 Å². The van der Waals surface area contributed by atoms with Crippen molar-refractivity contribution >= 4 is 39.2 Å². The lowest BCUT2D eigenvalue weighted by molar-refractivity contribution is 0.317. The Balaban J connectivity index is 1.90. The SMILES string of the molecule is N#COc1ccc(-c2ccc(OCCC[Si](Cl)(Cl)Cl)cc2)cc1. The molecule has 0 aromatic heterocycles. The van der Waals surface area contributed by atoms with Crippen molar-refractivity contribution in [2.75, 3.05) is 6.61 Å². The molecular weight excluding hydrogens is 373 g/mol. The predicted molar refractivity (Wildman–Crippen MR) is 96.4 cm³/mol. The van der Waals surface area contributed by atoms with Gasteiger partial charge in [-0.3, -0.25) is 0 Å². The molecule has 0 aliphatic heterocycles. The van der Waals surface area contributed by atoms with Crippen molar-refractivity contribution in [3.63, 3.8) is 0 Å². The van der Waals surface area contributed by atoms with Crippen molar-refractivity contribution in [2.45, 2.75) is 12.5 Å². The predicted octanol–water partition coefficient (Wildman–Crippen LogP) is 5.64. The molecule has 3 nitrogen and oxygen atoms in total. The molecule has 0 saturated heterocycles. The molecule has 120 valence electrons. The van der Waals surface area contributed by atoms with Crippen molar-refractivity contribution in [1.29, 1.82) is 5.26 Å². The number of halogens is 3. The van der Waals surface area contributed by atoms with Gasteiger partial charge in [-0.15, -0.1) is 38.5 Å². The molecule has 0 N–H and O–H groups in total. The normalized spacial score (nSPS) is 10.9. The van der Waals surface area contributed by atoms with Crippen molar-refractivity contribution in [3.8, 4) is 28.9 Å². The van der Waals surface area contributed by atoms with Gasteiger partial charge in [-0.1, -0.05) is 24.3 Å². The van der Waals surface area contributed by atoms with Gasteiger partial charge >= 0.3 is 6.00 Å². The van der Waals surface area contributed by atoms with Crippen molar-refractivity contribution < 1.29 is 9.47 Å². The van der Waals surface area contributed by atoms with Gasteiger partial charge in [-0.05, 0) is 47.9 Å². The lowest BCUT2D eigenvalue weighted by Gasteiger charge is -2.10. The van der Waals surface area contributed by atoms with E-state index in [2.05, 4.69) is 0 Å². The Morgan fingerprint density at radius 3 is 1.87 bits per heavy atom. The number of benzene rings is 2. The molecule has 0 aliphatic carbocycles. The molecule has 0 bridgehead atoms. The standard InChI is InChI=1S/C16H14Cl3NO2Si/c17-23(18,19)11-1-10-21-15-6-2-13(3-7-15)14-4-8-16(9-5-14)22-12-20/h2-9H,1,10-11H2. The largest absolute Gasteiger partial charge is 0.494 e. The fourth-order valence-electron chi connectivity index (χ4n) is 1.97. The molecule has 0 heterocycles. The van der Waals surface area contributed by atoms with Crippen molar-refractivity contribution in [1.82, 2.24) is 0 Å². The van der Waals surface area contributed by atoms with Crippen LogP contribution >= 0.6 is 33.2 Å². The molecule has 0 fully saturated rings. The van der Waals surface area contributed by atoms with Gasteiger partial charge in [0.1, 0.15) is 11.5 Å². The fraction of sp³-hybridized carbons (Fsp3) is 0.188. The third-order valence-corrected chi connectivity index (χ3v) is 5.70. The van der Waals surface area contributed by atoms with Gasteiger partial charge in [0, 0.05) is 0 Å². The minimum atomic E-state index is -2.55. The molecule has 0 unspecified atom stereocenters. The van der Waals surface area contributed by atoms with Crippen LogP contribution in [0.4, 0.5) is 0 Å². The van der Waals surface area contributed by atoms with E-state index in [1.54, 1.807) is 18.4 Å². The van der Waals surface area contributed by atoms with E-state index in [0.717, 1.165) is 23.3 Å². The van der Waals surface area contributed by atoms with Crippen LogP contribution in [0, 0.1) is 11.5 Å². The number of hydrogen-bond donors (Lipinski definition) is 0. The number of rotatable bonds is 7. The second-order valence-corrected chi connectivity index (χ2v) is 14.1. The second-order valence-electron chi connectivity index (χ2n) is 4.81. The summed E-state index contributed by atoms with van der Waals surface area (Å²) in [5.41, 5.74) is 2.08. The zero-order chi connectivity index (χ0) is 16.7. The van der Waals surface area contributed by atoms with E-state index in [9.17, 15) is 0 Å². The second kappa shape index (κ2) is 8.46. The van der Waals surface area contributed by atoms with Crippen LogP contribution in [0.3, 0.4) is 0 Å². The molecule has 23 heavy (non-hydrogen) atoms. The van der Waals surface area contributed by atoms with Gasteiger partial charge in [-0.25, -0.2) is 0 Å². The quantitative estimate of drug-likeness (QED) is 0.268. The van der Waals surface area contributed by atoms with Gasteiger partial charge in [-0.2, -0.15) is 0 Å². The number of nitriles is 1. The highest BCUT2D eigenvalue weighted by molar-refractivity contribution is 7.64. The molecule has 2 aromatic carbocycles. The monoisotopic (exact) mass is 385 g/mol. The Morgan fingerprint density at radius 1 is 0.870 bits per heavy atom. The Morgan fingerprint density at radius 2 is 1.39 bits per heavy atom. The zero-order valence-electron chi connectivity index (χ0n) is 12.1. The summed E-state index contributed by atoms with van der Waals surface area (Å²) in [6.07, 6.45) is 2.37. The molecule has 7 heteroatoms. The first-order chi connectivity index (χ1) is 11.0. The van der Waals surface area contributed by atoms with Crippen LogP contribution in [0.15, 0.2) is 48.5 Å². The van der Waals surface area contributed by atoms with Crippen molar-refractivity contribution in [2.24, 2.45) is 0 Å². The molecular formula is C16H14Cl3NO2Si. The Hall–Kier alpha value is -1.38. The molecule has 0 atom stereocenters. The number of hydrogen-bond acceptors (Lipinski definition) is 3. The van der Waals surface area contributed by atoms with E-state index in [1.807, 2.05) is 36.4 Å². The third-order valence-electron chi connectivity index (χ3n) is 3.08. The van der Waals surface area contributed by atoms with Gasteiger partial charge in [0.25, 0.3) is 6.26 Å². The Bertz CT molecular complexity index is 664. The average molecular weight is 387 g/mol. The van der Waals surface area contributed by atoms with E-state index < -0.39 is 6.00 Å². The summed E-state index contributed by atoms with van der Waals surface area (Å²) in [5, 5.41) is 8.46. The maximum atomic E-state index is 8.46. The fourth-order valence-corrected chi connectivity index (χ4v) is 3.72. The van der Waals surface area contributed by atoms with Gasteiger partial charge in [0.15, 0.2) is 0 Å². The lowest BCUT2D eigenvalue weighted by Crippen LogP contribution is -2.10. The molecule has 2 aromatic rings. The summed E-state index contributed by atoms with van der Waals surface area (Å²) in [5.74, 6) is 1.30. The summed E-state index contributed by atoms with van der Waals surface area (Å²) in [6, 6.07) is 13.1. The Kier molecular flexibility index (Phi) is 6.61. The minimum Gasteiger partial charge on any atom is -0.494 e. The summed E-state index contributed by atoms with van der Waals surface area (Å²) in [7, 11) is 0. The molecule has 0 aliphatic rings. The molecule has 2 rings (SSSR count). The van der Waals surface area contributed by atoms with Crippen LogP contribution in [-0.2, 0) is 0 Å². The molecule has 0 saturated carbocycles. The number of ether oxygens (including phenoxy) is 2. The first-order valence-electron chi connectivity index (χ1n) is 6.94. The van der Waals surface area contributed by atoms with Gasteiger partial charge in [0.2, 0.25) is 0 Å². The van der Waals surface area contributed by atoms with E-state index in [0.29, 0.717) is 18.4 Å². The van der Waals surface area contributed by atoms with Crippen LogP contribution in [0.25, 0.3) is 11.1 Å². The average Bonchev–Trinajstić information content (AvgIpc) is 2.52. The first kappa shape index (κ1) is 18.0. The number of nitrogens with zero attached hydrogens (tertiary/aromatic N) is 1. The third kappa shape index (κ3) is 6.32. The summed E-state index contributed by atoms with van der Waals surface area (Å²) in [6.45, 7) is 0.528. The van der Waals surface area contributed by atoms with Crippen LogP contribution in [-0.4, -0.2) is 12.6 Å². The van der Waals surface area contributed by atoms with Gasteiger partial charge in [0.05, 0.1) is 6.61 Å². The topological polar surface area (TPSA) is 42.2 Å². The summed E-state index contributed by atoms with van der Waals surface area (Å²) >= 11 is 17.5. The highest BCUT2D eigenvalue weighted by Gasteiger charge is 2.23. The maximum Gasteiger partial charge on any atom is 0.341 e.